The van der Waals surface area contributed by atoms with Crippen molar-refractivity contribution in [1.29, 1.82) is 0 Å². The number of aromatic nitrogens is 3. The molecular formula is C25H32FN5O2. The standard InChI is InChI=1S/C25H32FN5O2/c1-4-33-15-21-29-22-23(16(2)17(3)28-24(22)27)31(21)14-11-18-9-12-30(13-10-18)25(32)19-5-7-20(26)8-6-19/h5-8,18H,4,9-15H2,1-3H3,(H2,27,28). The first-order chi connectivity index (χ1) is 15.9. The molecule has 0 atom stereocenters. The van der Waals surface area contributed by atoms with Crippen LogP contribution in [0.4, 0.5) is 10.2 Å². The molecule has 1 aliphatic rings. The summed E-state index contributed by atoms with van der Waals surface area (Å²) < 4.78 is 21.1. The third-order valence-corrected chi connectivity index (χ3v) is 6.66. The molecule has 1 aliphatic heterocycles. The van der Waals surface area contributed by atoms with Crippen LogP contribution in [0.3, 0.4) is 0 Å². The van der Waals surface area contributed by atoms with Gasteiger partial charge in [0.2, 0.25) is 0 Å². The number of halogens is 1. The Morgan fingerprint density at radius 1 is 1.18 bits per heavy atom. The molecule has 7 nitrogen and oxygen atoms in total. The van der Waals surface area contributed by atoms with Crippen LogP contribution in [-0.2, 0) is 17.9 Å². The smallest absolute Gasteiger partial charge is 0.253 e. The van der Waals surface area contributed by atoms with Gasteiger partial charge in [-0.15, -0.1) is 0 Å². The molecule has 1 fully saturated rings. The fourth-order valence-electron chi connectivity index (χ4n) is 4.60. The molecule has 0 saturated carbocycles. The van der Waals surface area contributed by atoms with Crippen LogP contribution in [0.25, 0.3) is 11.0 Å². The van der Waals surface area contributed by atoms with Gasteiger partial charge in [-0.05, 0) is 75.8 Å². The molecule has 2 aromatic heterocycles. The molecule has 4 rings (SSSR count). The summed E-state index contributed by atoms with van der Waals surface area (Å²) in [5, 5.41) is 0. The van der Waals surface area contributed by atoms with Gasteiger partial charge in [0.15, 0.2) is 5.82 Å². The number of likely N-dealkylation sites (tertiary alicyclic amines) is 1. The number of rotatable bonds is 7. The predicted octanol–water partition coefficient (Wildman–Crippen LogP) is 4.25. The number of ether oxygens (including phenoxy) is 1. The summed E-state index contributed by atoms with van der Waals surface area (Å²) >= 11 is 0. The summed E-state index contributed by atoms with van der Waals surface area (Å²) in [6, 6.07) is 5.78. The maximum atomic E-state index is 13.2. The molecule has 1 aromatic carbocycles. The Bertz CT molecular complexity index is 1130. The van der Waals surface area contributed by atoms with E-state index in [2.05, 4.69) is 16.5 Å². The minimum Gasteiger partial charge on any atom is -0.382 e. The van der Waals surface area contributed by atoms with E-state index in [-0.39, 0.29) is 11.7 Å². The van der Waals surface area contributed by atoms with E-state index in [0.717, 1.165) is 53.9 Å². The van der Waals surface area contributed by atoms with Gasteiger partial charge in [-0.1, -0.05) is 0 Å². The van der Waals surface area contributed by atoms with Crippen LogP contribution in [-0.4, -0.2) is 45.0 Å². The van der Waals surface area contributed by atoms with Gasteiger partial charge in [0, 0.05) is 37.5 Å². The van der Waals surface area contributed by atoms with Crippen molar-refractivity contribution in [2.45, 2.75) is 53.2 Å². The molecule has 1 amide bonds. The Morgan fingerprint density at radius 2 is 1.88 bits per heavy atom. The minimum atomic E-state index is -0.330. The van der Waals surface area contributed by atoms with Crippen molar-refractivity contribution < 1.29 is 13.9 Å². The number of nitrogens with two attached hydrogens (primary N) is 1. The number of carbonyl (C=O) groups excluding carboxylic acids is 1. The highest BCUT2D eigenvalue weighted by Gasteiger charge is 2.25. The van der Waals surface area contributed by atoms with Crippen molar-refractivity contribution in [3.63, 3.8) is 0 Å². The van der Waals surface area contributed by atoms with Crippen molar-refractivity contribution >= 4 is 22.8 Å². The number of nitrogens with zero attached hydrogens (tertiary/aromatic N) is 4. The van der Waals surface area contributed by atoms with Crippen LogP contribution < -0.4 is 5.73 Å². The number of pyridine rings is 1. The highest BCUT2D eigenvalue weighted by Crippen LogP contribution is 2.29. The Labute approximate surface area is 193 Å². The van der Waals surface area contributed by atoms with Crippen LogP contribution in [0.15, 0.2) is 24.3 Å². The molecular weight excluding hydrogens is 421 g/mol. The first-order valence-corrected chi connectivity index (χ1v) is 11.6. The number of hydrogen-bond acceptors (Lipinski definition) is 5. The molecule has 0 aliphatic carbocycles. The highest BCUT2D eigenvalue weighted by atomic mass is 19.1. The second kappa shape index (κ2) is 9.87. The second-order valence-corrected chi connectivity index (χ2v) is 8.75. The van der Waals surface area contributed by atoms with Gasteiger partial charge in [0.05, 0.1) is 5.52 Å². The summed E-state index contributed by atoms with van der Waals surface area (Å²) in [6.45, 7) is 9.31. The largest absolute Gasteiger partial charge is 0.382 e. The van der Waals surface area contributed by atoms with Crippen LogP contribution in [0.1, 0.15) is 53.6 Å². The van der Waals surface area contributed by atoms with Gasteiger partial charge < -0.3 is 19.9 Å². The summed E-state index contributed by atoms with van der Waals surface area (Å²) in [7, 11) is 0. The molecule has 0 spiro atoms. The van der Waals surface area contributed by atoms with E-state index in [9.17, 15) is 9.18 Å². The van der Waals surface area contributed by atoms with E-state index in [1.807, 2.05) is 18.7 Å². The summed E-state index contributed by atoms with van der Waals surface area (Å²) in [4.78, 5) is 23.8. The van der Waals surface area contributed by atoms with Gasteiger partial charge >= 0.3 is 0 Å². The van der Waals surface area contributed by atoms with Crippen molar-refractivity contribution in [3.05, 3.63) is 52.7 Å². The molecule has 8 heteroatoms. The molecule has 33 heavy (non-hydrogen) atoms. The molecule has 0 unspecified atom stereocenters. The average Bonchev–Trinajstić information content (AvgIpc) is 3.19. The zero-order valence-corrected chi connectivity index (χ0v) is 19.6. The monoisotopic (exact) mass is 453 g/mol. The van der Waals surface area contributed by atoms with E-state index in [1.165, 1.54) is 12.1 Å². The Hall–Kier alpha value is -3.00. The van der Waals surface area contributed by atoms with Gasteiger partial charge in [0.1, 0.15) is 23.8 Å². The normalized spacial score (nSPS) is 14.8. The summed E-state index contributed by atoms with van der Waals surface area (Å²) in [6.07, 6.45) is 2.88. The van der Waals surface area contributed by atoms with E-state index in [1.54, 1.807) is 12.1 Å². The molecule has 1 saturated heterocycles. The maximum absolute atomic E-state index is 13.2. The number of fused-ring (bicyclic) bond motifs is 1. The maximum Gasteiger partial charge on any atom is 0.253 e. The topological polar surface area (TPSA) is 86.3 Å². The third kappa shape index (κ3) is 4.85. The van der Waals surface area contributed by atoms with Crippen LogP contribution >= 0.6 is 0 Å². The Kier molecular flexibility index (Phi) is 6.93. The van der Waals surface area contributed by atoms with E-state index in [0.29, 0.717) is 43.6 Å². The fourth-order valence-corrected chi connectivity index (χ4v) is 4.60. The second-order valence-electron chi connectivity index (χ2n) is 8.75. The number of hydrogen-bond donors (Lipinski definition) is 1. The molecule has 0 radical (unpaired) electrons. The van der Waals surface area contributed by atoms with Crippen LogP contribution in [0.5, 0.6) is 0 Å². The molecule has 176 valence electrons. The third-order valence-electron chi connectivity index (χ3n) is 6.66. The fraction of sp³-hybridized carbons (Fsp3) is 0.480. The molecule has 3 aromatic rings. The van der Waals surface area contributed by atoms with Crippen molar-refractivity contribution in [2.75, 3.05) is 25.4 Å². The quantitative estimate of drug-likeness (QED) is 0.578. The lowest BCUT2D eigenvalue weighted by molar-refractivity contribution is 0.0684. The number of carbonyl (C=O) groups is 1. The lowest BCUT2D eigenvalue weighted by Gasteiger charge is -2.32. The number of benzene rings is 1. The summed E-state index contributed by atoms with van der Waals surface area (Å²) in [5.41, 5.74) is 10.5. The van der Waals surface area contributed by atoms with Gasteiger partial charge in [0.25, 0.3) is 5.91 Å². The minimum absolute atomic E-state index is 0.0258. The Balaban J connectivity index is 1.44. The number of imidazole rings is 1. The number of anilines is 1. The SMILES string of the molecule is CCOCc1nc2c(N)nc(C)c(C)c2n1CCC1CCN(C(=O)c2ccc(F)cc2)CC1. The first kappa shape index (κ1) is 23.2. The average molecular weight is 454 g/mol. The summed E-state index contributed by atoms with van der Waals surface area (Å²) in [5.74, 6) is 1.49. The van der Waals surface area contributed by atoms with Gasteiger partial charge in [-0.25, -0.2) is 14.4 Å². The molecule has 3 heterocycles. The first-order valence-electron chi connectivity index (χ1n) is 11.6. The van der Waals surface area contributed by atoms with E-state index < -0.39 is 0 Å². The number of piperidine rings is 1. The number of nitrogen functional groups attached to an aromatic ring is 1. The lowest BCUT2D eigenvalue weighted by Crippen LogP contribution is -2.38. The van der Waals surface area contributed by atoms with Gasteiger partial charge in [-0.3, -0.25) is 4.79 Å². The van der Waals surface area contributed by atoms with E-state index in [4.69, 9.17) is 15.5 Å². The zero-order valence-electron chi connectivity index (χ0n) is 19.6. The molecule has 2 N–H and O–H groups in total. The van der Waals surface area contributed by atoms with Crippen molar-refractivity contribution in [2.24, 2.45) is 5.92 Å². The van der Waals surface area contributed by atoms with Gasteiger partial charge in [-0.2, -0.15) is 0 Å². The highest BCUT2D eigenvalue weighted by molar-refractivity contribution is 5.94. The van der Waals surface area contributed by atoms with Crippen LogP contribution in [0, 0.1) is 25.6 Å². The predicted molar refractivity (Wildman–Crippen MR) is 126 cm³/mol. The van der Waals surface area contributed by atoms with E-state index >= 15 is 0 Å². The molecule has 0 bridgehead atoms. The number of aryl methyl sites for hydroxylation is 3. The van der Waals surface area contributed by atoms with Crippen molar-refractivity contribution in [1.82, 2.24) is 19.4 Å². The van der Waals surface area contributed by atoms with Crippen molar-refractivity contribution in [3.8, 4) is 0 Å². The zero-order chi connectivity index (χ0) is 23.5. The van der Waals surface area contributed by atoms with Crippen LogP contribution in [0.2, 0.25) is 0 Å². The lowest BCUT2D eigenvalue weighted by atomic mass is 9.93. The number of amides is 1. The Morgan fingerprint density at radius 3 is 2.55 bits per heavy atom.